The van der Waals surface area contributed by atoms with E-state index < -0.39 is 5.82 Å². The summed E-state index contributed by atoms with van der Waals surface area (Å²) in [6, 6.07) is 11.5. The summed E-state index contributed by atoms with van der Waals surface area (Å²) < 4.78 is 19.6. The Kier molecular flexibility index (Phi) is 4.50. The third-order valence-electron chi connectivity index (χ3n) is 2.93. The Bertz CT molecular complexity index is 672. The molecule has 2 rings (SSSR count). The molecule has 0 spiro atoms. The van der Waals surface area contributed by atoms with Crippen LogP contribution in [0, 0.1) is 5.82 Å². The van der Waals surface area contributed by atoms with Crippen LogP contribution in [0.1, 0.15) is 38.1 Å². The molecule has 0 atom stereocenters. The van der Waals surface area contributed by atoms with Crippen LogP contribution in [-0.4, -0.2) is 11.4 Å². The minimum Gasteiger partial charge on any atom is -0.488 e. The number of carbonyl (C=O) groups excluding carboxylic acids is 1. The van der Waals surface area contributed by atoms with Crippen LogP contribution in [0.5, 0.6) is 5.75 Å². The Morgan fingerprint density at radius 3 is 2.27 bits per heavy atom. The van der Waals surface area contributed by atoms with E-state index in [9.17, 15) is 9.18 Å². The average molecular weight is 301 g/mol. The van der Waals surface area contributed by atoms with E-state index >= 15 is 0 Å². The Morgan fingerprint density at radius 2 is 1.73 bits per heavy atom. The lowest BCUT2D eigenvalue weighted by molar-refractivity contribution is 0.101. The topological polar surface area (TPSA) is 38.3 Å². The highest BCUT2D eigenvalue weighted by Crippen LogP contribution is 2.25. The number of ether oxygens (including phenoxy) is 1. The van der Waals surface area contributed by atoms with Gasteiger partial charge in [-0.3, -0.25) is 4.79 Å². The van der Waals surface area contributed by atoms with E-state index in [2.05, 4.69) is 5.32 Å². The average Bonchev–Trinajstić information content (AvgIpc) is 2.41. The number of hydrogen-bond acceptors (Lipinski definition) is 3. The van der Waals surface area contributed by atoms with Crippen LogP contribution in [0.3, 0.4) is 0 Å². The minimum absolute atomic E-state index is 0.100. The van der Waals surface area contributed by atoms with Gasteiger partial charge in [0.05, 0.1) is 5.69 Å². The summed E-state index contributed by atoms with van der Waals surface area (Å²) in [4.78, 5) is 11.4. The highest BCUT2D eigenvalue weighted by molar-refractivity contribution is 5.95. The molecule has 22 heavy (non-hydrogen) atoms. The zero-order chi connectivity index (χ0) is 16.3. The van der Waals surface area contributed by atoms with Gasteiger partial charge in [-0.1, -0.05) is 0 Å². The number of anilines is 2. The third kappa shape index (κ3) is 4.32. The van der Waals surface area contributed by atoms with Crippen LogP contribution in [0.15, 0.2) is 42.5 Å². The number of Topliss-reactive ketones (excluding diaryl/α,β-unsaturated/α-hetero) is 1. The molecule has 0 unspecified atom stereocenters. The van der Waals surface area contributed by atoms with E-state index in [0.29, 0.717) is 5.56 Å². The molecule has 3 nitrogen and oxygen atoms in total. The molecule has 0 aliphatic heterocycles. The summed E-state index contributed by atoms with van der Waals surface area (Å²) in [5.74, 6) is 0.244. The molecule has 0 aliphatic rings. The molecule has 2 aromatic carbocycles. The quantitative estimate of drug-likeness (QED) is 0.812. The summed E-state index contributed by atoms with van der Waals surface area (Å²) in [6.45, 7) is 7.38. The van der Waals surface area contributed by atoms with Crippen molar-refractivity contribution < 1.29 is 13.9 Å². The highest BCUT2D eigenvalue weighted by Gasteiger charge is 2.12. The van der Waals surface area contributed by atoms with Crippen LogP contribution in [0.4, 0.5) is 15.8 Å². The van der Waals surface area contributed by atoms with Crippen molar-refractivity contribution in [3.8, 4) is 5.75 Å². The van der Waals surface area contributed by atoms with Crippen molar-refractivity contribution in [1.82, 2.24) is 0 Å². The van der Waals surface area contributed by atoms with Crippen molar-refractivity contribution >= 4 is 17.2 Å². The number of carbonyl (C=O) groups is 1. The van der Waals surface area contributed by atoms with Gasteiger partial charge in [0.2, 0.25) is 0 Å². The van der Waals surface area contributed by atoms with Crippen LogP contribution in [0.2, 0.25) is 0 Å². The maximum absolute atomic E-state index is 13.8. The highest BCUT2D eigenvalue weighted by atomic mass is 19.1. The van der Waals surface area contributed by atoms with Crippen molar-refractivity contribution in [3.63, 3.8) is 0 Å². The van der Waals surface area contributed by atoms with Crippen LogP contribution in [-0.2, 0) is 0 Å². The van der Waals surface area contributed by atoms with E-state index in [1.807, 2.05) is 32.9 Å². The lowest BCUT2D eigenvalue weighted by Crippen LogP contribution is -2.22. The second kappa shape index (κ2) is 6.18. The molecule has 0 radical (unpaired) electrons. The van der Waals surface area contributed by atoms with Gasteiger partial charge >= 0.3 is 0 Å². The molecule has 0 heterocycles. The summed E-state index contributed by atoms with van der Waals surface area (Å²) >= 11 is 0. The number of rotatable bonds is 4. The summed E-state index contributed by atoms with van der Waals surface area (Å²) in [6.07, 6.45) is 0. The molecule has 0 saturated carbocycles. The maximum atomic E-state index is 13.8. The van der Waals surface area contributed by atoms with E-state index in [1.165, 1.54) is 25.1 Å². The van der Waals surface area contributed by atoms with Gasteiger partial charge in [0, 0.05) is 11.3 Å². The molecule has 0 amide bonds. The molecule has 116 valence electrons. The van der Waals surface area contributed by atoms with Gasteiger partial charge < -0.3 is 10.1 Å². The van der Waals surface area contributed by atoms with Gasteiger partial charge in [-0.25, -0.2) is 4.39 Å². The van der Waals surface area contributed by atoms with Crippen LogP contribution < -0.4 is 10.1 Å². The van der Waals surface area contributed by atoms with Gasteiger partial charge in [-0.05, 0) is 70.2 Å². The Labute approximate surface area is 130 Å². The number of halogens is 1. The normalized spacial score (nSPS) is 11.1. The predicted octanol–water partition coefficient (Wildman–Crippen LogP) is 4.95. The lowest BCUT2D eigenvalue weighted by atomic mass is 10.1. The first-order valence-corrected chi connectivity index (χ1v) is 7.11. The number of benzene rings is 2. The second-order valence-electron chi connectivity index (χ2n) is 6.11. The number of ketones is 1. The molecule has 0 bridgehead atoms. The molecule has 0 saturated heterocycles. The molecular weight excluding hydrogens is 281 g/mol. The largest absolute Gasteiger partial charge is 0.488 e. The van der Waals surface area contributed by atoms with Crippen molar-refractivity contribution in [1.29, 1.82) is 0 Å². The molecular formula is C18H20FNO2. The lowest BCUT2D eigenvalue weighted by Gasteiger charge is -2.21. The molecule has 4 heteroatoms. The van der Waals surface area contributed by atoms with E-state index in [4.69, 9.17) is 4.74 Å². The Balaban J connectivity index is 2.17. The molecule has 0 aliphatic carbocycles. The summed E-state index contributed by atoms with van der Waals surface area (Å²) in [5.41, 5.74) is 1.20. The predicted molar refractivity (Wildman–Crippen MR) is 86.5 cm³/mol. The standard InChI is InChI=1S/C18H20FNO2/c1-12(21)13-5-10-16(19)17(11-13)20-14-6-8-15(9-7-14)22-18(2,3)4/h5-11,20H,1-4H3. The zero-order valence-corrected chi connectivity index (χ0v) is 13.2. The van der Waals surface area contributed by atoms with Gasteiger partial charge in [-0.2, -0.15) is 0 Å². The summed E-state index contributed by atoms with van der Waals surface area (Å²) in [7, 11) is 0. The van der Waals surface area contributed by atoms with E-state index in [1.54, 1.807) is 12.1 Å². The Hall–Kier alpha value is -2.36. The fourth-order valence-electron chi connectivity index (χ4n) is 1.96. The van der Waals surface area contributed by atoms with Gasteiger partial charge in [0.25, 0.3) is 0 Å². The summed E-state index contributed by atoms with van der Waals surface area (Å²) in [5, 5.41) is 2.97. The first-order chi connectivity index (χ1) is 10.2. The monoisotopic (exact) mass is 301 g/mol. The number of hydrogen-bond donors (Lipinski definition) is 1. The first-order valence-electron chi connectivity index (χ1n) is 7.11. The van der Waals surface area contributed by atoms with Gasteiger partial charge in [0.1, 0.15) is 17.2 Å². The van der Waals surface area contributed by atoms with Crippen molar-refractivity contribution in [3.05, 3.63) is 53.8 Å². The smallest absolute Gasteiger partial charge is 0.159 e. The van der Waals surface area contributed by atoms with Crippen molar-refractivity contribution in [2.24, 2.45) is 0 Å². The SMILES string of the molecule is CC(=O)c1ccc(F)c(Nc2ccc(OC(C)(C)C)cc2)c1. The third-order valence-corrected chi connectivity index (χ3v) is 2.93. The molecule has 1 N–H and O–H groups in total. The van der Waals surface area contributed by atoms with Crippen LogP contribution in [0.25, 0.3) is 0 Å². The molecule has 0 aromatic heterocycles. The van der Waals surface area contributed by atoms with E-state index in [0.717, 1.165) is 11.4 Å². The zero-order valence-electron chi connectivity index (χ0n) is 13.2. The fraction of sp³-hybridized carbons (Fsp3) is 0.278. The van der Waals surface area contributed by atoms with E-state index in [-0.39, 0.29) is 17.1 Å². The van der Waals surface area contributed by atoms with Gasteiger partial charge in [-0.15, -0.1) is 0 Å². The second-order valence-corrected chi connectivity index (χ2v) is 6.11. The fourth-order valence-corrected chi connectivity index (χ4v) is 1.96. The van der Waals surface area contributed by atoms with Gasteiger partial charge in [0.15, 0.2) is 5.78 Å². The van der Waals surface area contributed by atoms with Crippen LogP contribution >= 0.6 is 0 Å². The molecule has 0 fully saturated rings. The molecule has 2 aromatic rings. The Morgan fingerprint density at radius 1 is 1.09 bits per heavy atom. The van der Waals surface area contributed by atoms with Crippen molar-refractivity contribution in [2.75, 3.05) is 5.32 Å². The first kappa shape index (κ1) is 16.0. The van der Waals surface area contributed by atoms with Crippen molar-refractivity contribution in [2.45, 2.75) is 33.3 Å². The number of nitrogens with one attached hydrogen (secondary N) is 1. The minimum atomic E-state index is -0.403. The maximum Gasteiger partial charge on any atom is 0.159 e.